The van der Waals surface area contributed by atoms with Gasteiger partial charge in [0.05, 0.1) is 17.0 Å². The summed E-state index contributed by atoms with van der Waals surface area (Å²) >= 11 is 0. The molecule has 3 aromatic carbocycles. The second-order valence-electron chi connectivity index (χ2n) is 9.13. The molecule has 1 atom stereocenters. The first-order valence-electron chi connectivity index (χ1n) is 11.5. The lowest BCUT2D eigenvalue weighted by Gasteiger charge is -2.25. The summed E-state index contributed by atoms with van der Waals surface area (Å²) in [7, 11) is 0. The van der Waals surface area contributed by atoms with Crippen LogP contribution in [0.15, 0.2) is 82.0 Å². The minimum atomic E-state index is -0.459. The van der Waals surface area contributed by atoms with Gasteiger partial charge in [0, 0.05) is 6.54 Å². The molecule has 4 heteroatoms. The summed E-state index contributed by atoms with van der Waals surface area (Å²) < 4.78 is 6.08. The Morgan fingerprint density at radius 1 is 0.939 bits per heavy atom. The Bertz CT molecular complexity index is 1380. The summed E-state index contributed by atoms with van der Waals surface area (Å²) in [6, 6.07) is 23.4. The third kappa shape index (κ3) is 3.76. The molecule has 166 valence electrons. The Kier molecular flexibility index (Phi) is 5.37. The first kappa shape index (κ1) is 21.2. The minimum Gasteiger partial charge on any atom is -0.450 e. The molecule has 0 N–H and O–H groups in total. The molecule has 2 heterocycles. The van der Waals surface area contributed by atoms with E-state index in [1.165, 1.54) is 5.56 Å². The maximum absolute atomic E-state index is 13.6. The molecule has 4 aromatic rings. The highest BCUT2D eigenvalue weighted by atomic mass is 16.3. The van der Waals surface area contributed by atoms with Crippen molar-refractivity contribution in [1.82, 2.24) is 4.90 Å². The Morgan fingerprint density at radius 3 is 2.36 bits per heavy atom. The third-order valence-corrected chi connectivity index (χ3v) is 6.53. The Hall–Kier alpha value is -3.66. The van der Waals surface area contributed by atoms with Crippen molar-refractivity contribution < 1.29 is 9.21 Å². The highest BCUT2D eigenvalue weighted by molar-refractivity contribution is 5.99. The van der Waals surface area contributed by atoms with Gasteiger partial charge in [0.1, 0.15) is 5.58 Å². The van der Waals surface area contributed by atoms with Crippen molar-refractivity contribution in [2.24, 2.45) is 0 Å². The van der Waals surface area contributed by atoms with E-state index in [4.69, 9.17) is 4.42 Å². The number of hydrogen-bond donors (Lipinski definition) is 0. The Balaban J connectivity index is 1.64. The molecule has 4 nitrogen and oxygen atoms in total. The first-order valence-corrected chi connectivity index (χ1v) is 11.5. The zero-order valence-electron chi connectivity index (χ0n) is 19.2. The first-order chi connectivity index (χ1) is 15.9. The molecule has 0 unspecified atom stereocenters. The molecule has 0 bridgehead atoms. The van der Waals surface area contributed by atoms with Crippen molar-refractivity contribution in [1.29, 1.82) is 0 Å². The van der Waals surface area contributed by atoms with E-state index >= 15 is 0 Å². The highest BCUT2D eigenvalue weighted by Crippen LogP contribution is 2.38. The summed E-state index contributed by atoms with van der Waals surface area (Å²) in [5.41, 5.74) is 5.07. The summed E-state index contributed by atoms with van der Waals surface area (Å²) in [6.45, 7) is 6.74. The van der Waals surface area contributed by atoms with Crippen LogP contribution in [0.5, 0.6) is 0 Å². The van der Waals surface area contributed by atoms with Crippen LogP contribution in [0.1, 0.15) is 64.2 Å². The van der Waals surface area contributed by atoms with Crippen LogP contribution >= 0.6 is 0 Å². The van der Waals surface area contributed by atoms with Crippen molar-refractivity contribution in [3.63, 3.8) is 0 Å². The predicted octanol–water partition coefficient (Wildman–Crippen LogP) is 6.01. The van der Waals surface area contributed by atoms with Crippen molar-refractivity contribution in [3.8, 4) is 0 Å². The molecule has 1 aliphatic rings. The normalized spacial score (nSPS) is 15.5. The number of benzene rings is 3. The van der Waals surface area contributed by atoms with Gasteiger partial charge in [-0.3, -0.25) is 9.59 Å². The molecular formula is C29H27NO3. The van der Waals surface area contributed by atoms with Crippen LogP contribution in [0, 0.1) is 6.92 Å². The zero-order valence-corrected chi connectivity index (χ0v) is 19.2. The fourth-order valence-corrected chi connectivity index (χ4v) is 4.66. The van der Waals surface area contributed by atoms with E-state index < -0.39 is 6.04 Å². The maximum Gasteiger partial charge on any atom is 0.290 e. The van der Waals surface area contributed by atoms with Gasteiger partial charge in [-0.25, -0.2) is 0 Å². The van der Waals surface area contributed by atoms with Gasteiger partial charge in [-0.05, 0) is 53.6 Å². The maximum atomic E-state index is 13.6. The van der Waals surface area contributed by atoms with Gasteiger partial charge < -0.3 is 9.32 Å². The predicted molar refractivity (Wildman–Crippen MR) is 131 cm³/mol. The Morgan fingerprint density at radius 2 is 1.67 bits per heavy atom. The molecule has 0 fully saturated rings. The fraction of sp³-hybridized carbons (Fsp3) is 0.241. The van der Waals surface area contributed by atoms with Crippen molar-refractivity contribution in [3.05, 3.63) is 117 Å². The quantitative estimate of drug-likeness (QED) is 0.384. The standard InChI is InChI=1S/C29H27NO3/c1-18(2)21-10-12-22(13-11-21)26-25-27(31)23-14-9-19(3)17-24(23)33-28(25)29(32)30(26)16-15-20-7-5-4-6-8-20/h4-14,17-18,26H,15-16H2,1-3H3/t26-/m0/s1. The van der Waals surface area contributed by atoms with E-state index in [1.54, 1.807) is 11.0 Å². The van der Waals surface area contributed by atoms with Gasteiger partial charge in [0.15, 0.2) is 5.43 Å². The van der Waals surface area contributed by atoms with E-state index in [2.05, 4.69) is 38.1 Å². The third-order valence-electron chi connectivity index (χ3n) is 6.53. The van der Waals surface area contributed by atoms with Crippen molar-refractivity contribution in [2.45, 2.75) is 39.2 Å². The number of hydrogen-bond acceptors (Lipinski definition) is 3. The number of carbonyl (C=O) groups excluding carboxylic acids is 1. The molecule has 0 spiro atoms. The second kappa shape index (κ2) is 8.36. The van der Waals surface area contributed by atoms with Crippen molar-refractivity contribution >= 4 is 16.9 Å². The highest BCUT2D eigenvalue weighted by Gasteiger charge is 2.42. The van der Waals surface area contributed by atoms with Gasteiger partial charge in [-0.2, -0.15) is 0 Å². The molecule has 33 heavy (non-hydrogen) atoms. The molecule has 5 rings (SSSR count). The van der Waals surface area contributed by atoms with Gasteiger partial charge in [-0.15, -0.1) is 0 Å². The number of rotatable bonds is 5. The SMILES string of the molecule is Cc1ccc2c(=O)c3c(oc2c1)C(=O)N(CCc1ccccc1)[C@H]3c1ccc(C(C)C)cc1. The van der Waals surface area contributed by atoms with Crippen molar-refractivity contribution in [2.75, 3.05) is 6.54 Å². The lowest BCUT2D eigenvalue weighted by atomic mass is 9.95. The van der Waals surface area contributed by atoms with E-state index in [-0.39, 0.29) is 17.1 Å². The monoisotopic (exact) mass is 437 g/mol. The van der Waals surface area contributed by atoms with Crippen LogP contribution in [-0.2, 0) is 6.42 Å². The minimum absolute atomic E-state index is 0.125. The molecule has 1 aromatic heterocycles. The van der Waals surface area contributed by atoms with Crippen LogP contribution in [0.2, 0.25) is 0 Å². The van der Waals surface area contributed by atoms with E-state index in [1.807, 2.05) is 49.4 Å². The topological polar surface area (TPSA) is 50.5 Å². The van der Waals surface area contributed by atoms with E-state index in [0.717, 1.165) is 16.7 Å². The summed E-state index contributed by atoms with van der Waals surface area (Å²) in [4.78, 5) is 29.0. The van der Waals surface area contributed by atoms with Gasteiger partial charge in [0.2, 0.25) is 5.76 Å². The molecule has 1 amide bonds. The summed E-state index contributed by atoms with van der Waals surface area (Å²) in [5, 5.41) is 0.515. The number of carbonyl (C=O) groups is 1. The molecule has 0 aliphatic carbocycles. The van der Waals surface area contributed by atoms with Crippen LogP contribution in [0.3, 0.4) is 0 Å². The fourth-order valence-electron chi connectivity index (χ4n) is 4.66. The number of fused-ring (bicyclic) bond motifs is 2. The molecule has 0 saturated carbocycles. The number of aryl methyl sites for hydroxylation is 1. The van der Waals surface area contributed by atoms with Crippen LogP contribution in [0.4, 0.5) is 0 Å². The number of nitrogens with zero attached hydrogens (tertiary/aromatic N) is 1. The molecule has 0 radical (unpaired) electrons. The average Bonchev–Trinajstić information content (AvgIpc) is 3.10. The number of amides is 1. The van der Waals surface area contributed by atoms with Crippen LogP contribution in [0.25, 0.3) is 11.0 Å². The largest absolute Gasteiger partial charge is 0.450 e. The van der Waals surface area contributed by atoms with E-state index in [9.17, 15) is 9.59 Å². The lowest BCUT2D eigenvalue weighted by molar-refractivity contribution is 0.0730. The second-order valence-corrected chi connectivity index (χ2v) is 9.13. The Labute approximate surface area is 193 Å². The summed E-state index contributed by atoms with van der Waals surface area (Å²) in [6.07, 6.45) is 0.702. The van der Waals surface area contributed by atoms with E-state index in [0.29, 0.717) is 35.4 Å². The van der Waals surface area contributed by atoms with Crippen LogP contribution < -0.4 is 5.43 Å². The zero-order chi connectivity index (χ0) is 23.1. The molecular weight excluding hydrogens is 410 g/mol. The average molecular weight is 438 g/mol. The van der Waals surface area contributed by atoms with Gasteiger partial charge in [-0.1, -0.05) is 74.5 Å². The van der Waals surface area contributed by atoms with Crippen LogP contribution in [-0.4, -0.2) is 17.4 Å². The van der Waals surface area contributed by atoms with Gasteiger partial charge >= 0.3 is 0 Å². The lowest BCUT2D eigenvalue weighted by Crippen LogP contribution is -2.31. The smallest absolute Gasteiger partial charge is 0.290 e. The molecule has 0 saturated heterocycles. The molecule has 1 aliphatic heterocycles. The summed E-state index contributed by atoms with van der Waals surface area (Å²) in [5.74, 6) is 0.353. The van der Waals surface area contributed by atoms with Gasteiger partial charge in [0.25, 0.3) is 5.91 Å².